The number of rotatable bonds is 1. The maximum absolute atomic E-state index is 6.05. The Morgan fingerprint density at radius 1 is 1.25 bits per heavy atom. The summed E-state index contributed by atoms with van der Waals surface area (Å²) in [6.07, 6.45) is 7.92. The summed E-state index contributed by atoms with van der Waals surface area (Å²) >= 11 is 0. The predicted molar refractivity (Wildman–Crippen MR) is 76.8 cm³/mol. The van der Waals surface area contributed by atoms with Crippen molar-refractivity contribution >= 4 is 11.4 Å². The Bertz CT molecular complexity index is 638. The average Bonchev–Trinajstić information content (AvgIpc) is 3.13. The van der Waals surface area contributed by atoms with Gasteiger partial charge < -0.3 is 15.4 Å². The predicted octanol–water partition coefficient (Wildman–Crippen LogP) is 2.23. The van der Waals surface area contributed by atoms with Crippen molar-refractivity contribution in [3.63, 3.8) is 0 Å². The maximum atomic E-state index is 6.05. The van der Waals surface area contributed by atoms with Crippen LogP contribution in [0.2, 0.25) is 0 Å². The molecule has 1 aromatic carbocycles. The summed E-state index contributed by atoms with van der Waals surface area (Å²) in [4.78, 5) is 7.98. The molecule has 0 amide bonds. The normalized spacial score (nSPS) is 28.7. The molecule has 2 N–H and O–H groups in total. The van der Waals surface area contributed by atoms with Crippen LogP contribution in [0.5, 0.6) is 5.75 Å². The molecule has 3 heterocycles. The van der Waals surface area contributed by atoms with Crippen molar-refractivity contribution in [2.45, 2.75) is 25.3 Å². The van der Waals surface area contributed by atoms with E-state index in [1.54, 1.807) is 0 Å². The van der Waals surface area contributed by atoms with Crippen molar-refractivity contribution in [1.29, 1.82) is 0 Å². The lowest BCUT2D eigenvalue weighted by molar-refractivity contribution is 0.0965. The van der Waals surface area contributed by atoms with Gasteiger partial charge in [0.05, 0.1) is 12.2 Å². The van der Waals surface area contributed by atoms with Gasteiger partial charge in [0, 0.05) is 11.9 Å². The molecule has 4 rings (SSSR count). The van der Waals surface area contributed by atoms with Gasteiger partial charge in [-0.1, -0.05) is 6.08 Å². The quantitative estimate of drug-likeness (QED) is 0.627. The highest BCUT2D eigenvalue weighted by molar-refractivity contribution is 5.68. The van der Waals surface area contributed by atoms with Crippen LogP contribution in [0.25, 0.3) is 0 Å². The molecular formula is C15H17N3O2. The molecule has 5 nitrogen and oxygen atoms in total. The van der Waals surface area contributed by atoms with E-state index in [0.29, 0.717) is 0 Å². The zero-order valence-corrected chi connectivity index (χ0v) is 11.5. The van der Waals surface area contributed by atoms with Gasteiger partial charge in [0.2, 0.25) is 0 Å². The van der Waals surface area contributed by atoms with Crippen molar-refractivity contribution in [3.8, 4) is 5.75 Å². The third kappa shape index (κ3) is 1.53. The second-order valence-corrected chi connectivity index (χ2v) is 5.95. The van der Waals surface area contributed by atoms with E-state index in [-0.39, 0.29) is 5.60 Å². The number of anilines is 2. The highest BCUT2D eigenvalue weighted by Crippen LogP contribution is 2.50. The lowest BCUT2D eigenvalue weighted by Crippen LogP contribution is -2.53. The summed E-state index contributed by atoms with van der Waals surface area (Å²) in [7, 11) is 0. The molecule has 1 saturated heterocycles. The molecule has 0 radical (unpaired) electrons. The Kier molecular flexibility index (Phi) is 2.04. The minimum absolute atomic E-state index is 0.287. The number of hydrogen-bond acceptors (Lipinski definition) is 5. The summed E-state index contributed by atoms with van der Waals surface area (Å²) in [5.41, 5.74) is 7.33. The molecule has 20 heavy (non-hydrogen) atoms. The molecule has 104 valence electrons. The summed E-state index contributed by atoms with van der Waals surface area (Å²) in [5, 5.41) is 1.83. The van der Waals surface area contributed by atoms with Crippen molar-refractivity contribution < 1.29 is 9.57 Å². The van der Waals surface area contributed by atoms with Crippen LogP contribution in [-0.4, -0.2) is 23.1 Å². The number of nitrogens with two attached hydrogens (primary N) is 1. The van der Waals surface area contributed by atoms with Crippen LogP contribution in [0.3, 0.4) is 0 Å². The number of hydroxylamine groups is 2. The Morgan fingerprint density at radius 3 is 2.90 bits per heavy atom. The third-order valence-corrected chi connectivity index (χ3v) is 3.75. The SMILES string of the molecule is CC1(C)CN(C23C=CC=CN2O3)c2cc(N)ccc2O1. The fraction of sp³-hybridized carbons (Fsp3) is 0.333. The van der Waals surface area contributed by atoms with E-state index in [1.165, 1.54) is 0 Å². The molecule has 5 heteroatoms. The first-order valence-electron chi connectivity index (χ1n) is 6.71. The first-order chi connectivity index (χ1) is 9.50. The zero-order valence-electron chi connectivity index (χ0n) is 11.5. The minimum Gasteiger partial charge on any atom is -0.484 e. The Labute approximate surface area is 117 Å². The van der Waals surface area contributed by atoms with Crippen LogP contribution in [0.4, 0.5) is 11.4 Å². The molecule has 0 aliphatic carbocycles. The topological polar surface area (TPSA) is 54.0 Å². The molecule has 1 fully saturated rings. The van der Waals surface area contributed by atoms with Gasteiger partial charge in [0.15, 0.2) is 0 Å². The number of nitrogen functional groups attached to an aromatic ring is 1. The lowest BCUT2D eigenvalue weighted by Gasteiger charge is -2.42. The molecular weight excluding hydrogens is 254 g/mol. The first-order valence-corrected chi connectivity index (χ1v) is 6.71. The van der Waals surface area contributed by atoms with Crippen LogP contribution in [0, 0.1) is 0 Å². The fourth-order valence-electron chi connectivity index (χ4n) is 2.85. The zero-order chi connectivity index (χ0) is 14.0. The molecule has 0 bridgehead atoms. The van der Waals surface area contributed by atoms with E-state index >= 15 is 0 Å². The number of allylic oxidation sites excluding steroid dienone is 2. The van der Waals surface area contributed by atoms with Crippen molar-refractivity contribution in [1.82, 2.24) is 5.06 Å². The first kappa shape index (κ1) is 11.7. The monoisotopic (exact) mass is 271 g/mol. The summed E-state index contributed by atoms with van der Waals surface area (Å²) in [6.45, 7) is 4.87. The number of hydrogen-bond donors (Lipinski definition) is 1. The van der Waals surface area contributed by atoms with Crippen LogP contribution in [-0.2, 0) is 4.84 Å². The number of benzene rings is 1. The second kappa shape index (κ2) is 3.49. The second-order valence-electron chi connectivity index (χ2n) is 5.95. The van der Waals surface area contributed by atoms with Crippen molar-refractivity contribution in [2.24, 2.45) is 0 Å². The lowest BCUT2D eigenvalue weighted by atomic mass is 10.0. The van der Waals surface area contributed by atoms with Crippen molar-refractivity contribution in [3.05, 3.63) is 42.6 Å². The molecule has 3 aliphatic heterocycles. The molecule has 0 saturated carbocycles. The van der Waals surface area contributed by atoms with Crippen LogP contribution in [0.1, 0.15) is 13.8 Å². The van der Waals surface area contributed by atoms with E-state index in [1.807, 2.05) is 47.7 Å². The van der Waals surface area contributed by atoms with E-state index in [9.17, 15) is 0 Å². The van der Waals surface area contributed by atoms with Gasteiger partial charge >= 0.3 is 0 Å². The van der Waals surface area contributed by atoms with Gasteiger partial charge in [0.1, 0.15) is 11.4 Å². The summed E-state index contributed by atoms with van der Waals surface area (Å²) in [6, 6.07) is 5.72. The summed E-state index contributed by atoms with van der Waals surface area (Å²) < 4.78 is 6.05. The largest absolute Gasteiger partial charge is 0.484 e. The Morgan fingerprint density at radius 2 is 2.10 bits per heavy atom. The van der Waals surface area contributed by atoms with Gasteiger partial charge in [0.25, 0.3) is 5.85 Å². The molecule has 1 atom stereocenters. The van der Waals surface area contributed by atoms with E-state index in [0.717, 1.165) is 23.7 Å². The smallest absolute Gasteiger partial charge is 0.288 e. The van der Waals surface area contributed by atoms with Crippen molar-refractivity contribution in [2.75, 3.05) is 17.2 Å². The number of ether oxygens (including phenoxy) is 1. The molecule has 3 aliphatic rings. The Hall–Kier alpha value is -2.14. The fourth-order valence-corrected chi connectivity index (χ4v) is 2.85. The van der Waals surface area contributed by atoms with Gasteiger partial charge in [-0.15, -0.1) is 0 Å². The third-order valence-electron chi connectivity index (χ3n) is 3.75. The van der Waals surface area contributed by atoms with E-state index < -0.39 is 5.85 Å². The summed E-state index contributed by atoms with van der Waals surface area (Å²) in [5.74, 6) is 0.307. The van der Waals surface area contributed by atoms with Gasteiger partial charge in [-0.3, -0.25) is 0 Å². The molecule has 0 spiro atoms. The Balaban J connectivity index is 1.82. The van der Waals surface area contributed by atoms with Gasteiger partial charge in [-0.25, -0.2) is 4.84 Å². The molecule has 1 unspecified atom stereocenters. The van der Waals surface area contributed by atoms with Gasteiger partial charge in [-0.05, 0) is 44.2 Å². The molecule has 0 aromatic heterocycles. The van der Waals surface area contributed by atoms with E-state index in [2.05, 4.69) is 18.7 Å². The maximum Gasteiger partial charge on any atom is 0.288 e. The van der Waals surface area contributed by atoms with Gasteiger partial charge in [-0.2, -0.15) is 5.06 Å². The van der Waals surface area contributed by atoms with Crippen LogP contribution >= 0.6 is 0 Å². The molecule has 1 aromatic rings. The highest BCUT2D eigenvalue weighted by atomic mass is 16.9. The standard InChI is InChI=1S/C15H17N3O2/c1-14(2)10-17(15-7-3-4-8-18(15)20-15)12-9-11(16)5-6-13(12)19-14/h3-9H,10,16H2,1-2H3. The average molecular weight is 271 g/mol. The highest BCUT2D eigenvalue weighted by Gasteiger charge is 2.60. The number of nitrogens with zero attached hydrogens (tertiary/aromatic N) is 2. The van der Waals surface area contributed by atoms with Crippen LogP contribution < -0.4 is 15.4 Å². The minimum atomic E-state index is -0.529. The number of fused-ring (bicyclic) bond motifs is 2. The van der Waals surface area contributed by atoms with E-state index in [4.69, 9.17) is 15.3 Å². The van der Waals surface area contributed by atoms with Crippen LogP contribution in [0.15, 0.2) is 42.6 Å².